The lowest BCUT2D eigenvalue weighted by atomic mass is 9.73. The van der Waals surface area contributed by atoms with E-state index in [0.717, 1.165) is 43.7 Å². The van der Waals surface area contributed by atoms with Gasteiger partial charge in [0.1, 0.15) is 5.82 Å². The molecule has 0 amide bonds. The highest BCUT2D eigenvalue weighted by Crippen LogP contribution is 2.38. The number of aryl methyl sites for hydroxylation is 1. The van der Waals surface area contributed by atoms with Crippen molar-refractivity contribution < 1.29 is 9.50 Å². The molecular weight excluding hydrogens is 243 g/mol. The van der Waals surface area contributed by atoms with Crippen molar-refractivity contribution in [3.05, 3.63) is 29.6 Å². The van der Waals surface area contributed by atoms with Crippen molar-refractivity contribution in [1.29, 1.82) is 0 Å². The minimum absolute atomic E-state index is 0.101. The van der Waals surface area contributed by atoms with Crippen molar-refractivity contribution in [2.75, 3.05) is 31.6 Å². The van der Waals surface area contributed by atoms with Crippen LogP contribution >= 0.6 is 0 Å². The van der Waals surface area contributed by atoms with Crippen molar-refractivity contribution in [2.45, 2.75) is 25.3 Å². The first kappa shape index (κ1) is 12.9. The molecule has 19 heavy (non-hydrogen) atoms. The Hall–Kier alpha value is -1.13. The first-order valence-electron chi connectivity index (χ1n) is 7.00. The minimum atomic E-state index is -0.309. The predicted octanol–water partition coefficient (Wildman–Crippen LogP) is 2.00. The Bertz CT molecular complexity index is 451. The Kier molecular flexibility index (Phi) is 3.23. The van der Waals surface area contributed by atoms with Gasteiger partial charge >= 0.3 is 0 Å². The van der Waals surface area contributed by atoms with E-state index in [9.17, 15) is 9.50 Å². The van der Waals surface area contributed by atoms with Crippen molar-refractivity contribution in [3.8, 4) is 0 Å². The van der Waals surface area contributed by atoms with Gasteiger partial charge in [-0.1, -0.05) is 0 Å². The molecule has 0 radical (unpaired) electrons. The zero-order valence-electron chi connectivity index (χ0n) is 11.3. The molecule has 0 aliphatic carbocycles. The quantitative estimate of drug-likeness (QED) is 0.876. The molecule has 3 saturated heterocycles. The van der Waals surface area contributed by atoms with Crippen LogP contribution in [0.1, 0.15) is 18.4 Å². The van der Waals surface area contributed by atoms with Gasteiger partial charge in [-0.25, -0.2) is 4.39 Å². The molecule has 4 rings (SSSR count). The summed E-state index contributed by atoms with van der Waals surface area (Å²) in [5.74, 6) is 0.253. The second kappa shape index (κ2) is 4.76. The number of aliphatic hydroxyl groups excluding tert-OH is 1. The third kappa shape index (κ3) is 2.35. The zero-order chi connectivity index (χ0) is 13.5. The van der Waals surface area contributed by atoms with Crippen LogP contribution in [-0.2, 0) is 0 Å². The summed E-state index contributed by atoms with van der Waals surface area (Å²) in [6, 6.07) is 4.98. The van der Waals surface area contributed by atoms with Crippen LogP contribution < -0.4 is 5.32 Å². The highest BCUT2D eigenvalue weighted by Gasteiger charge is 2.46. The molecule has 0 spiro atoms. The average Bonchev–Trinajstić information content (AvgIpc) is 2.38. The topological polar surface area (TPSA) is 35.5 Å². The number of fused-ring (bicyclic) bond motifs is 3. The van der Waals surface area contributed by atoms with Gasteiger partial charge in [-0.15, -0.1) is 0 Å². The summed E-state index contributed by atoms with van der Waals surface area (Å²) in [5.41, 5.74) is 1.37. The maximum Gasteiger partial charge on any atom is 0.125 e. The summed E-state index contributed by atoms with van der Waals surface area (Å²) in [6.45, 7) is 5.08. The molecule has 3 nitrogen and oxygen atoms in total. The van der Waals surface area contributed by atoms with Crippen LogP contribution in [0.5, 0.6) is 0 Å². The van der Waals surface area contributed by atoms with E-state index in [2.05, 4.69) is 10.2 Å². The number of nitrogens with one attached hydrogen (secondary N) is 1. The van der Waals surface area contributed by atoms with Gasteiger partial charge in [0, 0.05) is 12.2 Å². The number of nitrogens with zero attached hydrogens (tertiary/aromatic N) is 1. The van der Waals surface area contributed by atoms with Gasteiger partial charge in [0.25, 0.3) is 0 Å². The van der Waals surface area contributed by atoms with E-state index in [1.807, 2.05) is 13.0 Å². The Morgan fingerprint density at radius 1 is 1.37 bits per heavy atom. The third-order valence-corrected chi connectivity index (χ3v) is 4.59. The van der Waals surface area contributed by atoms with Gasteiger partial charge in [0.15, 0.2) is 0 Å². The molecule has 1 aromatic carbocycles. The van der Waals surface area contributed by atoms with E-state index < -0.39 is 0 Å². The molecule has 0 aromatic heterocycles. The fraction of sp³-hybridized carbons (Fsp3) is 0.600. The SMILES string of the molecule is Cc1cc(F)cc(NC2(CO)CN3CCC2CC3)c1. The fourth-order valence-corrected chi connectivity index (χ4v) is 3.63. The molecule has 0 saturated carbocycles. The standard InChI is InChI=1S/C15H21FN2O/c1-11-6-13(16)8-14(7-11)17-15(10-19)9-18-4-2-12(15)3-5-18/h6-8,12,17,19H,2-5,9-10H2,1H3. The Labute approximate surface area is 113 Å². The zero-order valence-corrected chi connectivity index (χ0v) is 11.3. The molecular formula is C15H21FN2O. The Morgan fingerprint density at radius 3 is 2.63 bits per heavy atom. The Balaban J connectivity index is 1.87. The summed E-state index contributed by atoms with van der Waals surface area (Å²) >= 11 is 0. The van der Waals surface area contributed by atoms with Crippen LogP contribution in [0.3, 0.4) is 0 Å². The maximum absolute atomic E-state index is 13.5. The number of benzene rings is 1. The average molecular weight is 264 g/mol. The number of piperidine rings is 3. The molecule has 1 atom stereocenters. The molecule has 3 fully saturated rings. The molecule has 3 heterocycles. The second-order valence-corrected chi connectivity index (χ2v) is 6.01. The van der Waals surface area contributed by atoms with Crippen LogP contribution in [0.4, 0.5) is 10.1 Å². The van der Waals surface area contributed by atoms with E-state index in [1.54, 1.807) is 0 Å². The number of rotatable bonds is 3. The molecule has 3 aliphatic rings. The van der Waals surface area contributed by atoms with Gasteiger partial charge in [-0.05, 0) is 62.5 Å². The second-order valence-electron chi connectivity index (χ2n) is 6.01. The van der Waals surface area contributed by atoms with Gasteiger partial charge in [-0.3, -0.25) is 0 Å². The lowest BCUT2D eigenvalue weighted by Crippen LogP contribution is -2.64. The van der Waals surface area contributed by atoms with Crippen molar-refractivity contribution in [1.82, 2.24) is 4.90 Å². The van der Waals surface area contributed by atoms with Gasteiger partial charge in [0.05, 0.1) is 12.1 Å². The molecule has 4 heteroatoms. The maximum atomic E-state index is 13.5. The highest BCUT2D eigenvalue weighted by molar-refractivity contribution is 5.49. The number of anilines is 1. The van der Waals surface area contributed by atoms with Crippen LogP contribution in [0.15, 0.2) is 18.2 Å². The fourth-order valence-electron chi connectivity index (χ4n) is 3.63. The van der Waals surface area contributed by atoms with Crippen LogP contribution in [-0.4, -0.2) is 41.8 Å². The summed E-state index contributed by atoms with van der Waals surface area (Å²) in [6.07, 6.45) is 2.23. The minimum Gasteiger partial charge on any atom is -0.394 e. The first-order valence-corrected chi connectivity index (χ1v) is 7.00. The smallest absolute Gasteiger partial charge is 0.125 e. The van der Waals surface area contributed by atoms with Crippen molar-refractivity contribution in [3.63, 3.8) is 0 Å². The molecule has 2 bridgehead atoms. The monoisotopic (exact) mass is 264 g/mol. The first-order chi connectivity index (χ1) is 9.11. The lowest BCUT2D eigenvalue weighted by Gasteiger charge is -2.53. The molecule has 104 valence electrons. The predicted molar refractivity (Wildman–Crippen MR) is 73.7 cm³/mol. The molecule has 3 aliphatic heterocycles. The van der Waals surface area contributed by atoms with Crippen molar-refractivity contribution >= 4 is 5.69 Å². The highest BCUT2D eigenvalue weighted by atomic mass is 19.1. The molecule has 1 aromatic rings. The van der Waals surface area contributed by atoms with Crippen LogP contribution in [0.2, 0.25) is 0 Å². The Morgan fingerprint density at radius 2 is 2.11 bits per heavy atom. The number of aliphatic hydroxyl groups is 1. The number of halogens is 1. The van der Waals surface area contributed by atoms with Crippen LogP contribution in [0, 0.1) is 18.7 Å². The normalized spacial score (nSPS) is 33.4. The summed E-state index contributed by atoms with van der Waals surface area (Å²) in [7, 11) is 0. The van der Waals surface area contributed by atoms with Gasteiger partial charge in [-0.2, -0.15) is 0 Å². The summed E-state index contributed by atoms with van der Waals surface area (Å²) in [4.78, 5) is 2.38. The van der Waals surface area contributed by atoms with Gasteiger partial charge < -0.3 is 15.3 Å². The van der Waals surface area contributed by atoms with E-state index in [0.29, 0.717) is 5.92 Å². The number of hydrogen-bond donors (Lipinski definition) is 2. The third-order valence-electron chi connectivity index (χ3n) is 4.59. The van der Waals surface area contributed by atoms with E-state index in [1.165, 1.54) is 12.1 Å². The van der Waals surface area contributed by atoms with Crippen molar-refractivity contribution in [2.24, 2.45) is 5.92 Å². The van der Waals surface area contributed by atoms with E-state index >= 15 is 0 Å². The van der Waals surface area contributed by atoms with E-state index in [4.69, 9.17) is 0 Å². The van der Waals surface area contributed by atoms with E-state index in [-0.39, 0.29) is 18.0 Å². The van der Waals surface area contributed by atoms with Crippen LogP contribution in [0.25, 0.3) is 0 Å². The lowest BCUT2D eigenvalue weighted by molar-refractivity contribution is 0.00916. The molecule has 2 N–H and O–H groups in total. The largest absolute Gasteiger partial charge is 0.394 e. The molecule has 1 unspecified atom stereocenters. The summed E-state index contributed by atoms with van der Waals surface area (Å²) < 4.78 is 13.5. The summed E-state index contributed by atoms with van der Waals surface area (Å²) in [5, 5.41) is 13.3. The van der Waals surface area contributed by atoms with Gasteiger partial charge in [0.2, 0.25) is 0 Å². The number of hydrogen-bond acceptors (Lipinski definition) is 3.